The van der Waals surface area contributed by atoms with Crippen LogP contribution < -0.4 is 10.6 Å². The first-order chi connectivity index (χ1) is 17.3. The Morgan fingerprint density at radius 2 is 1.83 bits per heavy atom. The average Bonchev–Trinajstić information content (AvgIpc) is 3.19. The first kappa shape index (κ1) is 24.0. The molecular weight excluding hydrogens is 452 g/mol. The number of carbonyl (C=O) groups is 1. The number of imidazole rings is 1. The van der Waals surface area contributed by atoms with Gasteiger partial charge < -0.3 is 20.1 Å². The number of aromatic nitrogens is 4. The van der Waals surface area contributed by atoms with Gasteiger partial charge in [0, 0.05) is 56.0 Å². The third kappa shape index (κ3) is 4.58. The molecule has 1 aliphatic rings. The highest BCUT2D eigenvalue weighted by Crippen LogP contribution is 2.30. The van der Waals surface area contributed by atoms with E-state index in [4.69, 9.17) is 9.97 Å². The predicted octanol–water partition coefficient (Wildman–Crippen LogP) is 4.92. The van der Waals surface area contributed by atoms with Crippen molar-refractivity contribution in [2.75, 3.05) is 36.8 Å². The number of hydrogen-bond acceptors (Lipinski definition) is 6. The maximum absolute atomic E-state index is 13.2. The van der Waals surface area contributed by atoms with Gasteiger partial charge in [-0.05, 0) is 52.3 Å². The van der Waals surface area contributed by atoms with Gasteiger partial charge in [0.15, 0.2) is 0 Å². The highest BCUT2D eigenvalue weighted by atomic mass is 16.2. The maximum Gasteiger partial charge on any atom is 0.321 e. The van der Waals surface area contributed by atoms with Gasteiger partial charge in [-0.1, -0.05) is 18.2 Å². The quantitative estimate of drug-likeness (QED) is 0.416. The summed E-state index contributed by atoms with van der Waals surface area (Å²) >= 11 is 0. The molecule has 0 aliphatic carbocycles. The minimum Gasteiger partial charge on any atom is -0.328 e. The molecule has 5 rings (SSSR count). The van der Waals surface area contributed by atoms with Crippen molar-refractivity contribution in [2.24, 2.45) is 0 Å². The maximum atomic E-state index is 13.2. The van der Waals surface area contributed by atoms with Crippen molar-refractivity contribution in [2.45, 2.75) is 47.2 Å². The van der Waals surface area contributed by atoms with E-state index in [0.29, 0.717) is 30.8 Å². The van der Waals surface area contributed by atoms with E-state index in [2.05, 4.69) is 45.9 Å². The monoisotopic (exact) mass is 486 g/mol. The molecule has 1 fully saturated rings. The Morgan fingerprint density at radius 3 is 2.56 bits per heavy atom. The molecule has 4 aromatic rings. The van der Waals surface area contributed by atoms with E-state index < -0.39 is 0 Å². The van der Waals surface area contributed by atoms with Crippen molar-refractivity contribution >= 4 is 45.3 Å². The van der Waals surface area contributed by atoms with Gasteiger partial charge in [0.1, 0.15) is 11.3 Å². The van der Waals surface area contributed by atoms with Crippen LogP contribution in [0.1, 0.15) is 32.2 Å². The van der Waals surface area contributed by atoms with Gasteiger partial charge in [-0.2, -0.15) is 0 Å². The molecular formula is C27H34N8O. The molecule has 188 valence electrons. The van der Waals surface area contributed by atoms with Crippen LogP contribution in [0.3, 0.4) is 0 Å². The molecule has 1 aliphatic heterocycles. The van der Waals surface area contributed by atoms with Crippen molar-refractivity contribution in [3.05, 3.63) is 47.9 Å². The van der Waals surface area contributed by atoms with Crippen molar-refractivity contribution in [1.29, 1.82) is 0 Å². The number of aryl methyl sites for hydroxylation is 3. The van der Waals surface area contributed by atoms with Gasteiger partial charge in [0.05, 0.1) is 16.7 Å². The topological polar surface area (TPSA) is 91.2 Å². The second-order valence-electron chi connectivity index (χ2n) is 9.67. The standard InChI is InChI=1S/C27H34N8O/c1-6-35-19(5)29-25-22(31-27(36)34-12-10-33(11-13-34)17(2)3)14-21(15-23(25)35)30-26-28-16-20-9-7-8-18(4)24(20)32-26/h7-9,14-17H,6,10-13H2,1-5H3,(H,31,36)(H,28,30,32). The molecule has 9 heteroatoms. The number of rotatable bonds is 5. The number of nitrogens with one attached hydrogen (secondary N) is 2. The van der Waals surface area contributed by atoms with Crippen molar-refractivity contribution < 1.29 is 4.79 Å². The number of benzene rings is 2. The van der Waals surface area contributed by atoms with Crippen LogP contribution in [0.15, 0.2) is 36.5 Å². The molecule has 0 unspecified atom stereocenters. The van der Waals surface area contributed by atoms with E-state index in [1.54, 1.807) is 0 Å². The van der Waals surface area contributed by atoms with Crippen LogP contribution in [-0.2, 0) is 6.54 Å². The average molecular weight is 487 g/mol. The summed E-state index contributed by atoms with van der Waals surface area (Å²) in [6.45, 7) is 14.5. The Balaban J connectivity index is 1.46. The Bertz CT molecular complexity index is 1420. The number of fused-ring (bicyclic) bond motifs is 2. The Hall–Kier alpha value is -3.72. The molecule has 0 radical (unpaired) electrons. The van der Waals surface area contributed by atoms with Gasteiger partial charge >= 0.3 is 6.03 Å². The van der Waals surface area contributed by atoms with Crippen molar-refractivity contribution in [3.63, 3.8) is 0 Å². The van der Waals surface area contributed by atoms with E-state index in [-0.39, 0.29) is 6.03 Å². The molecule has 2 N–H and O–H groups in total. The van der Waals surface area contributed by atoms with Crippen LogP contribution in [0.5, 0.6) is 0 Å². The summed E-state index contributed by atoms with van der Waals surface area (Å²) in [6, 6.07) is 10.4. The summed E-state index contributed by atoms with van der Waals surface area (Å²) in [5, 5.41) is 7.49. The molecule has 2 aromatic heterocycles. The van der Waals surface area contributed by atoms with Crippen LogP contribution in [0.25, 0.3) is 21.9 Å². The molecule has 0 spiro atoms. The smallest absolute Gasteiger partial charge is 0.321 e. The summed E-state index contributed by atoms with van der Waals surface area (Å²) in [5.41, 5.74) is 5.22. The van der Waals surface area contributed by atoms with Crippen molar-refractivity contribution in [1.82, 2.24) is 29.3 Å². The number of urea groups is 1. The van der Waals surface area contributed by atoms with E-state index >= 15 is 0 Å². The summed E-state index contributed by atoms with van der Waals surface area (Å²) < 4.78 is 2.14. The second kappa shape index (κ2) is 9.73. The van der Waals surface area contributed by atoms with Crippen LogP contribution in [0, 0.1) is 13.8 Å². The molecule has 2 aromatic carbocycles. The van der Waals surface area contributed by atoms with Gasteiger partial charge in [0.25, 0.3) is 0 Å². The minimum absolute atomic E-state index is 0.0989. The Morgan fingerprint density at radius 1 is 1.06 bits per heavy atom. The number of carbonyl (C=O) groups excluding carboxylic acids is 1. The molecule has 36 heavy (non-hydrogen) atoms. The fourth-order valence-corrected chi connectivity index (χ4v) is 4.93. The SMILES string of the molecule is CCn1c(C)nc2c(NC(=O)N3CCN(C(C)C)CC3)cc(Nc3ncc4cccc(C)c4n3)cc21. The largest absolute Gasteiger partial charge is 0.328 e. The van der Waals surface area contributed by atoms with Crippen LogP contribution in [0.2, 0.25) is 0 Å². The fourth-order valence-electron chi connectivity index (χ4n) is 4.93. The van der Waals surface area contributed by atoms with Crippen LogP contribution >= 0.6 is 0 Å². The molecule has 0 atom stereocenters. The molecule has 1 saturated heterocycles. The number of anilines is 3. The second-order valence-corrected chi connectivity index (χ2v) is 9.67. The van der Waals surface area contributed by atoms with Gasteiger partial charge in [-0.25, -0.2) is 19.7 Å². The summed E-state index contributed by atoms with van der Waals surface area (Å²) in [5.74, 6) is 1.42. The Kier molecular flexibility index (Phi) is 6.49. The zero-order valence-corrected chi connectivity index (χ0v) is 21.7. The molecule has 0 bridgehead atoms. The number of para-hydroxylation sites is 1. The van der Waals surface area contributed by atoms with E-state index in [9.17, 15) is 4.79 Å². The first-order valence-corrected chi connectivity index (χ1v) is 12.6. The predicted molar refractivity (Wildman–Crippen MR) is 145 cm³/mol. The minimum atomic E-state index is -0.0989. The molecule has 0 saturated carbocycles. The Labute approximate surface area is 211 Å². The van der Waals surface area contributed by atoms with Crippen LogP contribution in [-0.4, -0.2) is 67.6 Å². The zero-order valence-electron chi connectivity index (χ0n) is 21.7. The lowest BCUT2D eigenvalue weighted by molar-refractivity contribution is 0.125. The molecule has 9 nitrogen and oxygen atoms in total. The lowest BCUT2D eigenvalue weighted by Crippen LogP contribution is -2.51. The fraction of sp³-hybridized carbons (Fsp3) is 0.407. The van der Waals surface area contributed by atoms with E-state index in [0.717, 1.165) is 58.6 Å². The number of nitrogens with zero attached hydrogens (tertiary/aromatic N) is 6. The lowest BCUT2D eigenvalue weighted by atomic mass is 10.1. The third-order valence-electron chi connectivity index (χ3n) is 7.00. The van der Waals surface area contributed by atoms with E-state index in [1.807, 2.05) is 55.3 Å². The molecule has 3 heterocycles. The zero-order chi connectivity index (χ0) is 25.4. The van der Waals surface area contributed by atoms with Gasteiger partial charge in [-0.3, -0.25) is 4.90 Å². The summed E-state index contributed by atoms with van der Waals surface area (Å²) in [7, 11) is 0. The highest BCUT2D eigenvalue weighted by molar-refractivity contribution is 6.01. The van der Waals surface area contributed by atoms with Crippen LogP contribution in [0.4, 0.5) is 22.1 Å². The number of piperazine rings is 1. The normalized spacial score (nSPS) is 14.7. The lowest BCUT2D eigenvalue weighted by Gasteiger charge is -2.36. The third-order valence-corrected chi connectivity index (χ3v) is 7.00. The van der Waals surface area contributed by atoms with Crippen molar-refractivity contribution in [3.8, 4) is 0 Å². The van der Waals surface area contributed by atoms with Gasteiger partial charge in [0.2, 0.25) is 5.95 Å². The number of amides is 2. The summed E-state index contributed by atoms with van der Waals surface area (Å²) in [4.78, 5) is 31.5. The summed E-state index contributed by atoms with van der Waals surface area (Å²) in [6.07, 6.45) is 1.83. The highest BCUT2D eigenvalue weighted by Gasteiger charge is 2.24. The van der Waals surface area contributed by atoms with E-state index in [1.165, 1.54) is 0 Å². The van der Waals surface area contributed by atoms with Gasteiger partial charge in [-0.15, -0.1) is 0 Å². The number of hydrogen-bond donors (Lipinski definition) is 2. The first-order valence-electron chi connectivity index (χ1n) is 12.6. The molecule has 2 amide bonds.